The molecule has 0 spiro atoms. The Labute approximate surface area is 238 Å². The lowest BCUT2D eigenvalue weighted by Gasteiger charge is -2.29. The largest absolute Gasteiger partial charge is 0.489 e. The molecule has 2 aromatic carbocycles. The Morgan fingerprint density at radius 1 is 1.14 bits per heavy atom. The molecule has 0 aliphatic carbocycles. The number of hydrogen-bond donors (Lipinski definition) is 2. The van der Waals surface area contributed by atoms with Gasteiger partial charge in [-0.15, -0.1) is 5.10 Å². The summed E-state index contributed by atoms with van der Waals surface area (Å²) in [5, 5.41) is 9.44. The molecular weight excluding hydrogens is 553 g/mol. The number of alkyl halides is 3. The number of aromatic nitrogens is 5. The normalized spacial score (nSPS) is 17.3. The summed E-state index contributed by atoms with van der Waals surface area (Å²) in [6.45, 7) is 1.22. The molecule has 1 atom stereocenters. The standard InChI is InChI=1S/C28H27F3N8O3/c1-37-20-11-18(14-38-9-10-39-22(28(29,30)31)13-32-24(39)15-38)7-8-21(20)42-16-19(27(37)41)33-26(40)25-34-23(35-36-25)12-17-5-3-2-4-6-17/h2-8,11,13,19H,9-10,12,14-16H2,1H3,(H,33,40)(H,34,35,36). The van der Waals surface area contributed by atoms with Gasteiger partial charge in [0.2, 0.25) is 5.82 Å². The van der Waals surface area contributed by atoms with Crippen LogP contribution in [0.2, 0.25) is 0 Å². The number of halogens is 3. The molecule has 6 rings (SSSR count). The quantitative estimate of drug-likeness (QED) is 0.360. The van der Waals surface area contributed by atoms with Crippen molar-refractivity contribution < 1.29 is 27.5 Å². The lowest BCUT2D eigenvalue weighted by atomic mass is 10.1. The van der Waals surface area contributed by atoms with E-state index < -0.39 is 23.8 Å². The maximum Gasteiger partial charge on any atom is 0.433 e. The van der Waals surface area contributed by atoms with Gasteiger partial charge in [-0.1, -0.05) is 36.4 Å². The van der Waals surface area contributed by atoms with Crippen LogP contribution in [0.25, 0.3) is 0 Å². The van der Waals surface area contributed by atoms with Gasteiger partial charge in [0.15, 0.2) is 0 Å². The second kappa shape index (κ2) is 10.9. The number of carbonyl (C=O) groups excluding carboxylic acids is 2. The Balaban J connectivity index is 1.10. The molecule has 1 unspecified atom stereocenters. The lowest BCUT2D eigenvalue weighted by molar-refractivity contribution is -0.144. The number of carbonyl (C=O) groups is 2. The zero-order chi connectivity index (χ0) is 29.4. The van der Waals surface area contributed by atoms with Gasteiger partial charge in [-0.3, -0.25) is 19.6 Å². The van der Waals surface area contributed by atoms with Crippen molar-refractivity contribution in [1.82, 2.24) is 34.9 Å². The van der Waals surface area contributed by atoms with E-state index in [1.54, 1.807) is 13.1 Å². The first-order valence-electron chi connectivity index (χ1n) is 13.3. The number of nitrogens with zero attached hydrogens (tertiary/aromatic N) is 6. The highest BCUT2D eigenvalue weighted by Crippen LogP contribution is 2.34. The van der Waals surface area contributed by atoms with Crippen LogP contribution in [-0.4, -0.2) is 67.7 Å². The predicted molar refractivity (Wildman–Crippen MR) is 144 cm³/mol. The summed E-state index contributed by atoms with van der Waals surface area (Å²) in [7, 11) is 1.60. The number of H-pyrrole nitrogens is 1. The van der Waals surface area contributed by atoms with Gasteiger partial charge >= 0.3 is 6.18 Å². The third kappa shape index (κ3) is 5.57. The minimum atomic E-state index is -4.45. The molecule has 11 nitrogen and oxygen atoms in total. The first kappa shape index (κ1) is 27.4. The van der Waals surface area contributed by atoms with E-state index in [-0.39, 0.29) is 31.4 Å². The fourth-order valence-electron chi connectivity index (χ4n) is 5.16. The number of anilines is 1. The van der Waals surface area contributed by atoms with Crippen molar-refractivity contribution >= 4 is 17.5 Å². The number of benzene rings is 2. The molecule has 42 heavy (non-hydrogen) atoms. The fraction of sp³-hybridized carbons (Fsp3) is 0.321. The van der Waals surface area contributed by atoms with Crippen LogP contribution in [0, 0.1) is 0 Å². The fourth-order valence-corrected chi connectivity index (χ4v) is 5.16. The molecule has 2 amide bonds. The van der Waals surface area contributed by atoms with E-state index in [4.69, 9.17) is 4.74 Å². The average Bonchev–Trinajstić information content (AvgIpc) is 3.60. The number of hydrogen-bond acceptors (Lipinski definition) is 7. The van der Waals surface area contributed by atoms with Crippen LogP contribution in [0.1, 0.15) is 39.1 Å². The third-order valence-electron chi connectivity index (χ3n) is 7.31. The molecule has 0 fully saturated rings. The van der Waals surface area contributed by atoms with Crippen molar-refractivity contribution in [1.29, 1.82) is 0 Å². The van der Waals surface area contributed by atoms with Crippen molar-refractivity contribution in [3.05, 3.63) is 89.0 Å². The topological polar surface area (TPSA) is 121 Å². The smallest absolute Gasteiger partial charge is 0.433 e. The van der Waals surface area contributed by atoms with Crippen LogP contribution in [0.4, 0.5) is 18.9 Å². The monoisotopic (exact) mass is 580 g/mol. The van der Waals surface area contributed by atoms with Crippen molar-refractivity contribution in [2.45, 2.75) is 38.3 Å². The summed E-state index contributed by atoms with van der Waals surface area (Å²) in [5.41, 5.74) is 1.64. The van der Waals surface area contributed by atoms with Gasteiger partial charge in [0.25, 0.3) is 11.8 Å². The van der Waals surface area contributed by atoms with Crippen molar-refractivity contribution in [3.63, 3.8) is 0 Å². The van der Waals surface area contributed by atoms with E-state index in [0.717, 1.165) is 17.3 Å². The minimum absolute atomic E-state index is 0.0787. The average molecular weight is 581 g/mol. The second-order valence-electron chi connectivity index (χ2n) is 10.2. The van der Waals surface area contributed by atoms with Gasteiger partial charge in [-0.25, -0.2) is 9.97 Å². The molecule has 4 heterocycles. The highest BCUT2D eigenvalue weighted by Gasteiger charge is 2.37. The number of fused-ring (bicyclic) bond motifs is 2. The number of aromatic amines is 1. The summed E-state index contributed by atoms with van der Waals surface area (Å²) in [6.07, 6.45) is -3.10. The lowest BCUT2D eigenvalue weighted by Crippen LogP contribution is -2.49. The van der Waals surface area contributed by atoms with Crippen LogP contribution in [-0.2, 0) is 37.0 Å². The Kier molecular flexibility index (Phi) is 7.14. The van der Waals surface area contributed by atoms with Crippen LogP contribution in [0.15, 0.2) is 54.7 Å². The number of amides is 2. The molecule has 14 heteroatoms. The number of imidazole rings is 1. The van der Waals surface area contributed by atoms with Crippen molar-refractivity contribution in [3.8, 4) is 5.75 Å². The van der Waals surface area contributed by atoms with Gasteiger partial charge in [0.1, 0.15) is 35.7 Å². The third-order valence-corrected chi connectivity index (χ3v) is 7.31. The molecule has 0 saturated heterocycles. The van der Waals surface area contributed by atoms with Gasteiger partial charge in [0.05, 0.1) is 18.4 Å². The van der Waals surface area contributed by atoms with Crippen molar-refractivity contribution in [2.24, 2.45) is 0 Å². The van der Waals surface area contributed by atoms with E-state index in [1.165, 1.54) is 9.47 Å². The molecular formula is C28H27F3N8O3. The summed E-state index contributed by atoms with van der Waals surface area (Å²) in [5.74, 6) is 0.286. The molecule has 2 aliphatic rings. The second-order valence-corrected chi connectivity index (χ2v) is 10.2. The molecule has 0 bridgehead atoms. The summed E-state index contributed by atoms with van der Waals surface area (Å²) in [4.78, 5) is 37.8. The molecule has 2 aliphatic heterocycles. The molecule has 2 N–H and O–H groups in total. The van der Waals surface area contributed by atoms with Crippen molar-refractivity contribution in [2.75, 3.05) is 25.1 Å². The molecule has 4 aromatic rings. The molecule has 218 valence electrons. The number of likely N-dealkylation sites (N-methyl/N-ethyl adjacent to an activating group) is 1. The maximum absolute atomic E-state index is 13.3. The maximum atomic E-state index is 13.3. The first-order chi connectivity index (χ1) is 20.2. The Hall–Kier alpha value is -4.72. The van der Waals surface area contributed by atoms with E-state index in [9.17, 15) is 22.8 Å². The zero-order valence-electron chi connectivity index (χ0n) is 22.6. The predicted octanol–water partition coefficient (Wildman–Crippen LogP) is 2.78. The highest BCUT2D eigenvalue weighted by molar-refractivity contribution is 6.02. The number of ether oxygens (including phenoxy) is 1. The molecule has 2 aromatic heterocycles. The Bertz CT molecular complexity index is 1620. The SMILES string of the molecule is CN1C(=O)C(NC(=O)c2n[nH]c(Cc3ccccc3)n2)COc2ccc(CN3CCn4c(C(F)(F)F)cnc4C3)cc21. The van der Waals surface area contributed by atoms with Gasteiger partial charge < -0.3 is 19.5 Å². The summed E-state index contributed by atoms with van der Waals surface area (Å²) < 4.78 is 46.8. The van der Waals surface area contributed by atoms with Crippen LogP contribution >= 0.6 is 0 Å². The summed E-state index contributed by atoms with van der Waals surface area (Å²) >= 11 is 0. The first-order valence-corrected chi connectivity index (χ1v) is 13.3. The Morgan fingerprint density at radius 2 is 1.95 bits per heavy atom. The summed E-state index contributed by atoms with van der Waals surface area (Å²) in [6, 6.07) is 14.0. The van der Waals surface area contributed by atoms with E-state index in [0.29, 0.717) is 42.6 Å². The minimum Gasteiger partial charge on any atom is -0.489 e. The van der Waals surface area contributed by atoms with Crippen LogP contribution in [0.5, 0.6) is 5.75 Å². The van der Waals surface area contributed by atoms with Gasteiger partial charge in [-0.05, 0) is 23.3 Å². The molecule has 0 saturated carbocycles. The Morgan fingerprint density at radius 3 is 2.74 bits per heavy atom. The van der Waals surface area contributed by atoms with Gasteiger partial charge in [0, 0.05) is 33.1 Å². The number of rotatable bonds is 6. The van der Waals surface area contributed by atoms with E-state index in [1.807, 2.05) is 47.4 Å². The molecule has 0 radical (unpaired) electrons. The van der Waals surface area contributed by atoms with E-state index in [2.05, 4.69) is 25.5 Å². The van der Waals surface area contributed by atoms with Crippen LogP contribution in [0.3, 0.4) is 0 Å². The van der Waals surface area contributed by atoms with Crippen LogP contribution < -0.4 is 15.0 Å². The van der Waals surface area contributed by atoms with E-state index >= 15 is 0 Å². The number of nitrogens with one attached hydrogen (secondary N) is 2. The highest BCUT2D eigenvalue weighted by atomic mass is 19.4. The zero-order valence-corrected chi connectivity index (χ0v) is 22.6. The van der Waals surface area contributed by atoms with Gasteiger partial charge in [-0.2, -0.15) is 13.2 Å².